The number of anilines is 1. The number of benzene rings is 2. The normalized spacial score (nSPS) is 13.0. The van der Waals surface area contributed by atoms with Crippen molar-refractivity contribution < 1.29 is 22.7 Å². The van der Waals surface area contributed by atoms with E-state index < -0.39 is 28.5 Å². The van der Waals surface area contributed by atoms with E-state index in [9.17, 15) is 18.0 Å². The van der Waals surface area contributed by atoms with Crippen molar-refractivity contribution in [3.8, 4) is 5.75 Å². The third kappa shape index (κ3) is 8.01. The highest BCUT2D eigenvalue weighted by atomic mass is 35.5. The lowest BCUT2D eigenvalue weighted by molar-refractivity contribution is -0.140. The molecule has 36 heavy (non-hydrogen) atoms. The minimum atomic E-state index is -3.92. The number of amides is 2. The molecule has 0 aliphatic carbocycles. The fraction of sp³-hybridized carbons (Fsp3) is 0.440. The molecule has 0 heterocycles. The molecule has 11 heteroatoms. The molecule has 1 N–H and O–H groups in total. The van der Waals surface area contributed by atoms with E-state index in [0.29, 0.717) is 12.2 Å². The summed E-state index contributed by atoms with van der Waals surface area (Å²) in [6, 6.07) is 10.6. The predicted octanol–water partition coefficient (Wildman–Crippen LogP) is 4.49. The second-order valence-corrected chi connectivity index (χ2v) is 11.2. The smallest absolute Gasteiger partial charge is 0.244 e. The molecule has 198 valence electrons. The standard InChI is InChI=1S/C25H33Cl2N3O5S/c1-6-17(3)28-25(32)22(7-2)29(15-18-9-8-10-20(13-18)35-4)24(31)16-30(36(5,33)34)23-14-19(26)11-12-21(23)27/h8-14,17,22H,6-7,15-16H2,1-5H3,(H,28,32)/t17-,22-/m0/s1. The van der Waals surface area contributed by atoms with Crippen LogP contribution < -0.4 is 14.4 Å². The van der Waals surface area contributed by atoms with Gasteiger partial charge in [-0.2, -0.15) is 0 Å². The van der Waals surface area contributed by atoms with Crippen LogP contribution in [0.5, 0.6) is 5.75 Å². The van der Waals surface area contributed by atoms with Crippen LogP contribution in [0.2, 0.25) is 10.0 Å². The number of nitrogens with one attached hydrogen (secondary N) is 1. The Morgan fingerprint density at radius 2 is 1.78 bits per heavy atom. The third-order valence-corrected chi connectivity index (χ3v) is 7.41. The largest absolute Gasteiger partial charge is 0.497 e. The minimum absolute atomic E-state index is 0.0728. The first-order chi connectivity index (χ1) is 16.9. The Bertz CT molecular complexity index is 1180. The fourth-order valence-corrected chi connectivity index (χ4v) is 4.89. The van der Waals surface area contributed by atoms with Crippen molar-refractivity contribution in [1.29, 1.82) is 0 Å². The monoisotopic (exact) mass is 557 g/mol. The van der Waals surface area contributed by atoms with E-state index in [1.807, 2.05) is 19.9 Å². The molecular weight excluding hydrogens is 525 g/mol. The second-order valence-electron chi connectivity index (χ2n) is 8.48. The SMILES string of the molecule is CC[C@H](C)NC(=O)[C@H](CC)N(Cc1cccc(OC)c1)C(=O)CN(c1cc(Cl)ccc1Cl)S(C)(=O)=O. The topological polar surface area (TPSA) is 96.0 Å². The van der Waals surface area contributed by atoms with Gasteiger partial charge in [-0.3, -0.25) is 13.9 Å². The molecule has 2 aromatic rings. The number of ether oxygens (including phenoxy) is 1. The molecule has 0 aliphatic heterocycles. The van der Waals surface area contributed by atoms with Crippen molar-refractivity contribution in [1.82, 2.24) is 10.2 Å². The Morgan fingerprint density at radius 1 is 1.08 bits per heavy atom. The van der Waals surface area contributed by atoms with Crippen LogP contribution in [0.25, 0.3) is 0 Å². The number of carbonyl (C=O) groups is 2. The number of methoxy groups -OCH3 is 1. The highest BCUT2D eigenvalue weighted by molar-refractivity contribution is 7.92. The summed E-state index contributed by atoms with van der Waals surface area (Å²) in [5, 5.41) is 3.32. The molecule has 8 nitrogen and oxygen atoms in total. The summed E-state index contributed by atoms with van der Waals surface area (Å²) in [7, 11) is -2.39. The van der Waals surface area contributed by atoms with Crippen LogP contribution >= 0.6 is 23.2 Å². The Morgan fingerprint density at radius 3 is 2.36 bits per heavy atom. The van der Waals surface area contributed by atoms with E-state index in [1.165, 1.54) is 30.2 Å². The maximum absolute atomic E-state index is 13.7. The molecule has 0 unspecified atom stereocenters. The molecule has 2 aromatic carbocycles. The van der Waals surface area contributed by atoms with Crippen LogP contribution in [0.15, 0.2) is 42.5 Å². The highest BCUT2D eigenvalue weighted by Crippen LogP contribution is 2.31. The Kier molecular flexibility index (Phi) is 10.9. The van der Waals surface area contributed by atoms with E-state index in [0.717, 1.165) is 22.5 Å². The van der Waals surface area contributed by atoms with Gasteiger partial charge in [-0.15, -0.1) is 0 Å². The van der Waals surface area contributed by atoms with E-state index >= 15 is 0 Å². The van der Waals surface area contributed by atoms with E-state index in [4.69, 9.17) is 27.9 Å². The molecule has 0 aliphatic rings. The van der Waals surface area contributed by atoms with Crippen molar-refractivity contribution in [2.45, 2.75) is 52.2 Å². The third-order valence-electron chi connectivity index (χ3n) is 5.73. The summed E-state index contributed by atoms with van der Waals surface area (Å²) in [4.78, 5) is 28.3. The fourth-order valence-electron chi connectivity index (χ4n) is 3.60. The summed E-state index contributed by atoms with van der Waals surface area (Å²) in [6.45, 7) is 5.14. The van der Waals surface area contributed by atoms with Crippen molar-refractivity contribution in [3.63, 3.8) is 0 Å². The lowest BCUT2D eigenvalue weighted by atomic mass is 10.1. The maximum atomic E-state index is 13.7. The first-order valence-electron chi connectivity index (χ1n) is 11.6. The van der Waals surface area contributed by atoms with Crippen LogP contribution in [0.1, 0.15) is 39.2 Å². The molecule has 0 bridgehead atoms. The summed E-state index contributed by atoms with van der Waals surface area (Å²) in [6.07, 6.45) is 2.03. The lowest BCUT2D eigenvalue weighted by Gasteiger charge is -2.33. The Balaban J connectivity index is 2.50. The molecule has 0 saturated carbocycles. The molecule has 0 radical (unpaired) electrons. The van der Waals surface area contributed by atoms with Gasteiger partial charge in [-0.1, -0.05) is 49.2 Å². The first-order valence-corrected chi connectivity index (χ1v) is 14.2. The number of sulfonamides is 1. The van der Waals surface area contributed by atoms with Crippen LogP contribution in [-0.2, 0) is 26.2 Å². The van der Waals surface area contributed by atoms with Gasteiger partial charge in [0, 0.05) is 17.6 Å². The molecule has 2 amide bonds. The van der Waals surface area contributed by atoms with Crippen LogP contribution in [0, 0.1) is 0 Å². The van der Waals surface area contributed by atoms with Crippen molar-refractivity contribution in [2.24, 2.45) is 0 Å². The van der Waals surface area contributed by atoms with Crippen molar-refractivity contribution in [2.75, 3.05) is 24.2 Å². The van der Waals surface area contributed by atoms with Gasteiger partial charge in [0.05, 0.1) is 24.1 Å². The van der Waals surface area contributed by atoms with Gasteiger partial charge >= 0.3 is 0 Å². The molecule has 0 saturated heterocycles. The summed E-state index contributed by atoms with van der Waals surface area (Å²) in [5.74, 6) is -0.277. The number of nitrogens with zero attached hydrogens (tertiary/aromatic N) is 2. The molecule has 0 aromatic heterocycles. The summed E-state index contributed by atoms with van der Waals surface area (Å²) >= 11 is 12.4. The van der Waals surface area contributed by atoms with Gasteiger partial charge in [0.2, 0.25) is 21.8 Å². The summed E-state index contributed by atoms with van der Waals surface area (Å²) in [5.41, 5.74) is 0.808. The number of halogens is 2. The van der Waals surface area contributed by atoms with Crippen molar-refractivity contribution in [3.05, 3.63) is 58.1 Å². The van der Waals surface area contributed by atoms with Gasteiger partial charge in [0.15, 0.2) is 0 Å². The van der Waals surface area contributed by atoms with Crippen molar-refractivity contribution >= 4 is 50.7 Å². The van der Waals surface area contributed by atoms with Crippen LogP contribution in [0.4, 0.5) is 5.69 Å². The van der Waals surface area contributed by atoms with Gasteiger partial charge in [0.25, 0.3) is 0 Å². The van der Waals surface area contributed by atoms with Gasteiger partial charge in [-0.05, 0) is 55.7 Å². The quantitative estimate of drug-likeness (QED) is 0.414. The molecule has 2 atom stereocenters. The van der Waals surface area contributed by atoms with E-state index in [1.54, 1.807) is 25.1 Å². The first kappa shape index (κ1) is 29.7. The maximum Gasteiger partial charge on any atom is 0.244 e. The zero-order chi connectivity index (χ0) is 27.0. The van der Waals surface area contributed by atoms with Gasteiger partial charge in [0.1, 0.15) is 18.3 Å². The molecular formula is C25H33Cl2N3O5S. The zero-order valence-corrected chi connectivity index (χ0v) is 23.5. The highest BCUT2D eigenvalue weighted by Gasteiger charge is 2.32. The minimum Gasteiger partial charge on any atom is -0.497 e. The number of carbonyl (C=O) groups excluding carboxylic acids is 2. The predicted molar refractivity (Wildman–Crippen MR) is 144 cm³/mol. The summed E-state index contributed by atoms with van der Waals surface area (Å²) < 4.78 is 31.6. The average Bonchev–Trinajstić information content (AvgIpc) is 2.83. The molecule has 2 rings (SSSR count). The second kappa shape index (κ2) is 13.2. The Hall–Kier alpha value is -2.49. The van der Waals surface area contributed by atoms with Crippen LogP contribution in [-0.4, -0.2) is 57.1 Å². The van der Waals surface area contributed by atoms with E-state index in [-0.39, 0.29) is 34.2 Å². The number of rotatable bonds is 12. The van der Waals surface area contributed by atoms with Crippen LogP contribution in [0.3, 0.4) is 0 Å². The average molecular weight is 559 g/mol. The van der Waals surface area contributed by atoms with E-state index in [2.05, 4.69) is 5.32 Å². The van der Waals surface area contributed by atoms with Gasteiger partial charge < -0.3 is 15.0 Å². The van der Waals surface area contributed by atoms with Gasteiger partial charge in [-0.25, -0.2) is 8.42 Å². The number of hydrogen-bond acceptors (Lipinski definition) is 5. The zero-order valence-electron chi connectivity index (χ0n) is 21.1. The molecule has 0 fully saturated rings. The number of hydrogen-bond donors (Lipinski definition) is 1. The Labute approximate surface area is 223 Å². The lowest BCUT2D eigenvalue weighted by Crippen LogP contribution is -2.53. The molecule has 0 spiro atoms.